The monoisotopic (exact) mass is 244 g/mol. The Labute approximate surface area is 109 Å². The molecule has 0 amide bonds. The van der Waals surface area contributed by atoms with Crippen LogP contribution in [0.3, 0.4) is 0 Å². The molecule has 0 bridgehead atoms. The zero-order chi connectivity index (χ0) is 13.2. The van der Waals surface area contributed by atoms with E-state index in [9.17, 15) is 4.79 Å². The van der Waals surface area contributed by atoms with Crippen molar-refractivity contribution in [3.8, 4) is 0 Å². The molecule has 0 atom stereocenters. The van der Waals surface area contributed by atoms with Crippen molar-refractivity contribution in [1.29, 1.82) is 0 Å². The summed E-state index contributed by atoms with van der Waals surface area (Å²) in [7, 11) is 1.42. The van der Waals surface area contributed by atoms with Crippen molar-refractivity contribution >= 4 is 5.97 Å². The van der Waals surface area contributed by atoms with Gasteiger partial charge in [-0.1, -0.05) is 25.0 Å². The predicted molar refractivity (Wildman–Crippen MR) is 72.9 cm³/mol. The van der Waals surface area contributed by atoms with Gasteiger partial charge in [0, 0.05) is 5.41 Å². The lowest BCUT2D eigenvalue weighted by Gasteiger charge is -2.27. The lowest BCUT2D eigenvalue weighted by atomic mass is 9.76. The average Bonchev–Trinajstić information content (AvgIpc) is 2.88. The van der Waals surface area contributed by atoms with Gasteiger partial charge in [0.1, 0.15) is 0 Å². The van der Waals surface area contributed by atoms with Crippen LogP contribution >= 0.6 is 0 Å². The summed E-state index contributed by atoms with van der Waals surface area (Å²) < 4.78 is 4.80. The fourth-order valence-corrected chi connectivity index (χ4v) is 2.99. The number of hydrogen-bond acceptors (Lipinski definition) is 2. The number of carbonyl (C=O) groups is 1. The maximum absolute atomic E-state index is 11.6. The van der Waals surface area contributed by atoms with E-state index >= 15 is 0 Å². The minimum Gasteiger partial charge on any atom is -0.465 e. The van der Waals surface area contributed by atoms with Crippen LogP contribution in [0, 0.1) is 6.92 Å². The highest BCUT2D eigenvalue weighted by atomic mass is 16.5. The zero-order valence-corrected chi connectivity index (χ0v) is 11.2. The minimum atomic E-state index is -0.270. The topological polar surface area (TPSA) is 26.3 Å². The van der Waals surface area contributed by atoms with Gasteiger partial charge in [0.25, 0.3) is 0 Å². The summed E-state index contributed by atoms with van der Waals surface area (Å²) in [6.07, 6.45) is 6.77. The molecule has 2 rings (SSSR count). The SMILES string of the molecule is C=CC1(c2cc(C(=O)OC)ccc2C)CCCC1. The molecule has 0 radical (unpaired) electrons. The molecule has 1 aliphatic carbocycles. The number of carbonyl (C=O) groups excluding carboxylic acids is 1. The van der Waals surface area contributed by atoms with E-state index in [2.05, 4.69) is 19.6 Å². The van der Waals surface area contributed by atoms with E-state index < -0.39 is 0 Å². The molecular formula is C16H20O2. The number of allylic oxidation sites excluding steroid dienone is 1. The molecule has 18 heavy (non-hydrogen) atoms. The van der Waals surface area contributed by atoms with Crippen molar-refractivity contribution in [1.82, 2.24) is 0 Å². The van der Waals surface area contributed by atoms with Crippen LogP contribution in [0.5, 0.6) is 0 Å². The van der Waals surface area contributed by atoms with Crippen LogP contribution in [0.4, 0.5) is 0 Å². The van der Waals surface area contributed by atoms with E-state index in [1.807, 2.05) is 18.2 Å². The number of methoxy groups -OCH3 is 1. The van der Waals surface area contributed by atoms with Crippen LogP contribution in [0.25, 0.3) is 0 Å². The van der Waals surface area contributed by atoms with Crippen LogP contribution in [-0.2, 0) is 10.2 Å². The second-order valence-electron chi connectivity index (χ2n) is 5.09. The average molecular weight is 244 g/mol. The second-order valence-corrected chi connectivity index (χ2v) is 5.09. The number of rotatable bonds is 3. The van der Waals surface area contributed by atoms with E-state index in [0.29, 0.717) is 5.56 Å². The largest absolute Gasteiger partial charge is 0.465 e. The molecule has 0 heterocycles. The fraction of sp³-hybridized carbons (Fsp3) is 0.438. The maximum Gasteiger partial charge on any atom is 0.337 e. The summed E-state index contributed by atoms with van der Waals surface area (Å²) >= 11 is 0. The molecule has 1 saturated carbocycles. The van der Waals surface area contributed by atoms with E-state index in [0.717, 1.165) is 12.8 Å². The van der Waals surface area contributed by atoms with E-state index in [-0.39, 0.29) is 11.4 Å². The molecule has 1 fully saturated rings. The van der Waals surface area contributed by atoms with Gasteiger partial charge >= 0.3 is 5.97 Å². The van der Waals surface area contributed by atoms with Crippen LogP contribution in [0.2, 0.25) is 0 Å². The molecule has 1 aromatic carbocycles. The molecule has 2 heteroatoms. The summed E-state index contributed by atoms with van der Waals surface area (Å²) in [5, 5.41) is 0. The Morgan fingerprint density at radius 3 is 2.61 bits per heavy atom. The molecular weight excluding hydrogens is 224 g/mol. The van der Waals surface area contributed by atoms with Crippen molar-refractivity contribution in [2.45, 2.75) is 38.0 Å². The Kier molecular flexibility index (Phi) is 3.55. The highest BCUT2D eigenvalue weighted by Gasteiger charge is 2.34. The second kappa shape index (κ2) is 4.97. The van der Waals surface area contributed by atoms with Gasteiger partial charge in [-0.15, -0.1) is 6.58 Å². The maximum atomic E-state index is 11.6. The standard InChI is InChI=1S/C16H20O2/c1-4-16(9-5-6-10-16)14-11-13(15(17)18-3)8-7-12(14)2/h4,7-8,11H,1,5-6,9-10H2,2-3H3. The van der Waals surface area contributed by atoms with Crippen molar-refractivity contribution < 1.29 is 9.53 Å². The van der Waals surface area contributed by atoms with Gasteiger partial charge in [-0.25, -0.2) is 4.79 Å². The molecule has 2 nitrogen and oxygen atoms in total. The first-order valence-corrected chi connectivity index (χ1v) is 6.46. The number of hydrogen-bond donors (Lipinski definition) is 0. The normalized spacial score (nSPS) is 17.4. The Balaban J connectivity index is 2.48. The van der Waals surface area contributed by atoms with Crippen molar-refractivity contribution in [3.63, 3.8) is 0 Å². The van der Waals surface area contributed by atoms with Gasteiger partial charge < -0.3 is 4.74 Å². The molecule has 0 aromatic heterocycles. The molecule has 0 unspecified atom stereocenters. The molecule has 0 spiro atoms. The first-order valence-electron chi connectivity index (χ1n) is 6.46. The summed E-state index contributed by atoms with van der Waals surface area (Å²) in [5.74, 6) is -0.270. The Morgan fingerprint density at radius 2 is 2.06 bits per heavy atom. The van der Waals surface area contributed by atoms with Gasteiger partial charge in [-0.3, -0.25) is 0 Å². The highest BCUT2D eigenvalue weighted by Crippen LogP contribution is 2.43. The van der Waals surface area contributed by atoms with E-state index in [4.69, 9.17) is 4.74 Å². The quantitative estimate of drug-likeness (QED) is 0.597. The van der Waals surface area contributed by atoms with E-state index in [1.165, 1.54) is 31.1 Å². The third kappa shape index (κ3) is 2.07. The smallest absolute Gasteiger partial charge is 0.337 e. The van der Waals surface area contributed by atoms with Gasteiger partial charge in [-0.2, -0.15) is 0 Å². The van der Waals surface area contributed by atoms with Gasteiger partial charge in [0.05, 0.1) is 12.7 Å². The molecule has 1 aromatic rings. The van der Waals surface area contributed by atoms with Crippen molar-refractivity contribution in [3.05, 3.63) is 47.5 Å². The summed E-state index contributed by atoms with van der Waals surface area (Å²) in [6, 6.07) is 5.82. The Bertz CT molecular complexity index is 468. The van der Waals surface area contributed by atoms with Gasteiger partial charge in [0.2, 0.25) is 0 Å². The highest BCUT2D eigenvalue weighted by molar-refractivity contribution is 5.89. The summed E-state index contributed by atoms with van der Waals surface area (Å²) in [4.78, 5) is 11.6. The number of esters is 1. The number of ether oxygens (including phenoxy) is 1. The number of benzene rings is 1. The van der Waals surface area contributed by atoms with Crippen LogP contribution in [0.15, 0.2) is 30.9 Å². The summed E-state index contributed by atoms with van der Waals surface area (Å²) in [6.45, 7) is 6.11. The molecule has 96 valence electrons. The van der Waals surface area contributed by atoms with E-state index in [1.54, 1.807) is 0 Å². The first-order chi connectivity index (χ1) is 8.63. The zero-order valence-electron chi connectivity index (χ0n) is 11.2. The molecule has 0 aliphatic heterocycles. The molecule has 1 aliphatic rings. The first kappa shape index (κ1) is 12.9. The van der Waals surface area contributed by atoms with Crippen LogP contribution in [-0.4, -0.2) is 13.1 Å². The summed E-state index contributed by atoms with van der Waals surface area (Å²) in [5.41, 5.74) is 3.14. The van der Waals surface area contributed by atoms with Crippen LogP contribution < -0.4 is 0 Å². The Hall–Kier alpha value is -1.57. The third-order valence-electron chi connectivity index (χ3n) is 4.08. The van der Waals surface area contributed by atoms with Crippen LogP contribution in [0.1, 0.15) is 47.2 Å². The van der Waals surface area contributed by atoms with Gasteiger partial charge in [-0.05, 0) is 43.0 Å². The lowest BCUT2D eigenvalue weighted by molar-refractivity contribution is 0.0600. The van der Waals surface area contributed by atoms with Crippen molar-refractivity contribution in [2.75, 3.05) is 7.11 Å². The minimum absolute atomic E-state index is 0.0497. The van der Waals surface area contributed by atoms with Gasteiger partial charge in [0.15, 0.2) is 0 Å². The molecule has 0 saturated heterocycles. The fourth-order valence-electron chi connectivity index (χ4n) is 2.99. The van der Waals surface area contributed by atoms with Crippen molar-refractivity contribution in [2.24, 2.45) is 0 Å². The third-order valence-corrected chi connectivity index (χ3v) is 4.08. The molecule has 0 N–H and O–H groups in total. The predicted octanol–water partition coefficient (Wildman–Crippen LogP) is 3.78. The Morgan fingerprint density at radius 1 is 1.39 bits per heavy atom. The lowest BCUT2D eigenvalue weighted by Crippen LogP contribution is -2.20. The number of aryl methyl sites for hydroxylation is 1.